The number of carbonyl (C=O) groups excluding carboxylic acids is 1. The Balaban J connectivity index is 1.95. The molecule has 0 aliphatic carbocycles. The molecule has 1 aliphatic rings. The van der Waals surface area contributed by atoms with Gasteiger partial charge in [-0.25, -0.2) is 0 Å². The lowest BCUT2D eigenvalue weighted by molar-refractivity contribution is 0.0724. The summed E-state index contributed by atoms with van der Waals surface area (Å²) in [7, 11) is 0. The van der Waals surface area contributed by atoms with E-state index in [1.807, 2.05) is 41.3 Å². The molecule has 0 N–H and O–H groups in total. The molecular weight excluding hydrogens is 248 g/mol. The first-order valence-electron chi connectivity index (χ1n) is 7.15. The Morgan fingerprint density at radius 1 is 1.00 bits per heavy atom. The van der Waals surface area contributed by atoms with Crippen LogP contribution < -0.4 is 0 Å². The van der Waals surface area contributed by atoms with E-state index in [9.17, 15) is 4.79 Å². The zero-order chi connectivity index (χ0) is 13.8. The highest BCUT2D eigenvalue weighted by atomic mass is 16.2. The van der Waals surface area contributed by atoms with E-state index < -0.39 is 0 Å². The highest BCUT2D eigenvalue weighted by molar-refractivity contribution is 6.00. The lowest BCUT2D eigenvalue weighted by Crippen LogP contribution is -2.35. The average molecular weight is 266 g/mol. The van der Waals surface area contributed by atoms with Crippen LogP contribution in [0.15, 0.2) is 48.8 Å². The number of amides is 1. The van der Waals surface area contributed by atoms with Crippen molar-refractivity contribution in [2.45, 2.75) is 19.3 Å². The zero-order valence-corrected chi connectivity index (χ0v) is 11.5. The molecule has 0 atom stereocenters. The van der Waals surface area contributed by atoms with Gasteiger partial charge in [0.1, 0.15) is 0 Å². The van der Waals surface area contributed by atoms with Crippen molar-refractivity contribution in [2.75, 3.05) is 13.1 Å². The number of pyridine rings is 1. The van der Waals surface area contributed by atoms with Crippen LogP contribution in [-0.2, 0) is 0 Å². The number of likely N-dealkylation sites (tertiary alicyclic amines) is 1. The van der Waals surface area contributed by atoms with Gasteiger partial charge in [-0.05, 0) is 36.5 Å². The van der Waals surface area contributed by atoms with Crippen molar-refractivity contribution in [3.8, 4) is 11.1 Å². The third kappa shape index (κ3) is 2.57. The van der Waals surface area contributed by atoms with Gasteiger partial charge in [-0.2, -0.15) is 0 Å². The molecule has 1 fully saturated rings. The third-order valence-electron chi connectivity index (χ3n) is 3.78. The Kier molecular flexibility index (Phi) is 3.77. The molecule has 0 unspecified atom stereocenters. The van der Waals surface area contributed by atoms with Gasteiger partial charge in [-0.3, -0.25) is 9.78 Å². The van der Waals surface area contributed by atoms with Crippen LogP contribution in [0.25, 0.3) is 11.1 Å². The quantitative estimate of drug-likeness (QED) is 0.835. The van der Waals surface area contributed by atoms with Crippen LogP contribution in [-0.4, -0.2) is 28.9 Å². The van der Waals surface area contributed by atoms with Gasteiger partial charge >= 0.3 is 0 Å². The molecule has 3 rings (SSSR count). The van der Waals surface area contributed by atoms with E-state index in [0.29, 0.717) is 5.56 Å². The van der Waals surface area contributed by atoms with Crippen molar-refractivity contribution in [1.29, 1.82) is 0 Å². The number of carbonyl (C=O) groups is 1. The van der Waals surface area contributed by atoms with Gasteiger partial charge in [0.2, 0.25) is 0 Å². The van der Waals surface area contributed by atoms with Crippen molar-refractivity contribution < 1.29 is 4.79 Å². The molecule has 0 bridgehead atoms. The molecule has 1 aliphatic heterocycles. The Labute approximate surface area is 119 Å². The highest BCUT2D eigenvalue weighted by Crippen LogP contribution is 2.24. The van der Waals surface area contributed by atoms with Gasteiger partial charge in [0.25, 0.3) is 5.91 Å². The molecule has 3 heteroatoms. The monoisotopic (exact) mass is 266 g/mol. The van der Waals surface area contributed by atoms with E-state index in [4.69, 9.17) is 0 Å². The maximum Gasteiger partial charge on any atom is 0.256 e. The summed E-state index contributed by atoms with van der Waals surface area (Å²) in [5.41, 5.74) is 2.74. The minimum Gasteiger partial charge on any atom is -0.339 e. The largest absolute Gasteiger partial charge is 0.339 e. The van der Waals surface area contributed by atoms with Crippen LogP contribution >= 0.6 is 0 Å². The smallest absolute Gasteiger partial charge is 0.256 e. The minimum absolute atomic E-state index is 0.108. The third-order valence-corrected chi connectivity index (χ3v) is 3.78. The molecule has 20 heavy (non-hydrogen) atoms. The molecule has 0 saturated carbocycles. The summed E-state index contributed by atoms with van der Waals surface area (Å²) in [5, 5.41) is 0. The topological polar surface area (TPSA) is 33.2 Å². The van der Waals surface area contributed by atoms with Gasteiger partial charge in [0, 0.05) is 25.5 Å². The standard InChI is InChI=1S/C17H18N2O/c20-17(19-11-5-2-6-12-19)16-13-18-10-9-15(16)14-7-3-1-4-8-14/h1,3-4,7-10,13H,2,5-6,11-12H2. The molecule has 0 radical (unpaired) electrons. The van der Waals surface area contributed by atoms with Gasteiger partial charge in [0.05, 0.1) is 5.56 Å². The predicted octanol–water partition coefficient (Wildman–Crippen LogP) is 3.37. The van der Waals surface area contributed by atoms with Crippen molar-refractivity contribution in [1.82, 2.24) is 9.88 Å². The van der Waals surface area contributed by atoms with Crippen LogP contribution in [0.2, 0.25) is 0 Å². The highest BCUT2D eigenvalue weighted by Gasteiger charge is 2.21. The lowest BCUT2D eigenvalue weighted by atomic mass is 10.0. The Bertz CT molecular complexity index is 589. The summed E-state index contributed by atoms with van der Waals surface area (Å²) in [6.45, 7) is 1.73. The molecule has 102 valence electrons. The number of hydrogen-bond acceptors (Lipinski definition) is 2. The number of hydrogen-bond donors (Lipinski definition) is 0. The maximum atomic E-state index is 12.7. The summed E-state index contributed by atoms with van der Waals surface area (Å²) in [6.07, 6.45) is 6.87. The Morgan fingerprint density at radius 2 is 1.75 bits per heavy atom. The number of rotatable bonds is 2. The molecule has 1 aromatic heterocycles. The predicted molar refractivity (Wildman–Crippen MR) is 79.4 cm³/mol. The minimum atomic E-state index is 0.108. The molecule has 2 heterocycles. The summed E-state index contributed by atoms with van der Waals surface area (Å²) < 4.78 is 0. The van der Waals surface area contributed by atoms with E-state index in [-0.39, 0.29) is 5.91 Å². The fourth-order valence-corrected chi connectivity index (χ4v) is 2.70. The zero-order valence-electron chi connectivity index (χ0n) is 11.5. The summed E-state index contributed by atoms with van der Waals surface area (Å²) in [4.78, 5) is 18.8. The van der Waals surface area contributed by atoms with E-state index >= 15 is 0 Å². The normalized spacial score (nSPS) is 15.1. The van der Waals surface area contributed by atoms with Crippen LogP contribution in [0.1, 0.15) is 29.6 Å². The van der Waals surface area contributed by atoms with Crippen LogP contribution in [0, 0.1) is 0 Å². The first-order valence-corrected chi connectivity index (χ1v) is 7.15. The molecule has 1 amide bonds. The van der Waals surface area contributed by atoms with E-state index in [1.165, 1.54) is 6.42 Å². The summed E-state index contributed by atoms with van der Waals surface area (Å²) in [5.74, 6) is 0.108. The van der Waals surface area contributed by atoms with Crippen LogP contribution in [0.3, 0.4) is 0 Å². The number of aromatic nitrogens is 1. The van der Waals surface area contributed by atoms with Crippen molar-refractivity contribution in [3.05, 3.63) is 54.4 Å². The van der Waals surface area contributed by atoms with E-state index in [2.05, 4.69) is 4.98 Å². The second-order valence-corrected chi connectivity index (χ2v) is 5.14. The molecule has 1 saturated heterocycles. The fraction of sp³-hybridized carbons (Fsp3) is 0.294. The Morgan fingerprint density at radius 3 is 2.50 bits per heavy atom. The molecule has 0 spiro atoms. The van der Waals surface area contributed by atoms with Crippen LogP contribution in [0.5, 0.6) is 0 Å². The van der Waals surface area contributed by atoms with Gasteiger partial charge in [-0.15, -0.1) is 0 Å². The molecule has 3 nitrogen and oxygen atoms in total. The molecule has 1 aromatic carbocycles. The van der Waals surface area contributed by atoms with E-state index in [0.717, 1.165) is 37.1 Å². The average Bonchev–Trinajstić information content (AvgIpc) is 2.56. The SMILES string of the molecule is O=C(c1cnccc1-c1ccccc1)N1CCCCC1. The van der Waals surface area contributed by atoms with Crippen molar-refractivity contribution in [2.24, 2.45) is 0 Å². The van der Waals surface area contributed by atoms with Crippen molar-refractivity contribution in [3.63, 3.8) is 0 Å². The number of benzene rings is 1. The van der Waals surface area contributed by atoms with E-state index in [1.54, 1.807) is 12.4 Å². The van der Waals surface area contributed by atoms with Crippen LogP contribution in [0.4, 0.5) is 0 Å². The lowest BCUT2D eigenvalue weighted by Gasteiger charge is -2.27. The van der Waals surface area contributed by atoms with Gasteiger partial charge in [-0.1, -0.05) is 30.3 Å². The summed E-state index contributed by atoms with van der Waals surface area (Å²) in [6, 6.07) is 11.9. The second-order valence-electron chi connectivity index (χ2n) is 5.14. The number of nitrogens with zero attached hydrogens (tertiary/aromatic N) is 2. The first kappa shape index (κ1) is 12.9. The number of piperidine rings is 1. The van der Waals surface area contributed by atoms with Gasteiger partial charge < -0.3 is 4.90 Å². The molecular formula is C17H18N2O. The second kappa shape index (κ2) is 5.87. The first-order chi connectivity index (χ1) is 9.86. The maximum absolute atomic E-state index is 12.7. The molecule has 2 aromatic rings. The fourth-order valence-electron chi connectivity index (χ4n) is 2.70. The Hall–Kier alpha value is -2.16. The summed E-state index contributed by atoms with van der Waals surface area (Å²) >= 11 is 0. The van der Waals surface area contributed by atoms with Gasteiger partial charge in [0.15, 0.2) is 0 Å². The van der Waals surface area contributed by atoms with Crippen molar-refractivity contribution >= 4 is 5.91 Å².